The van der Waals surface area contributed by atoms with Gasteiger partial charge in [0.2, 0.25) is 0 Å². The highest BCUT2D eigenvalue weighted by atomic mass is 19.4. The molecule has 2 N–H and O–H groups in total. The Labute approximate surface area is 135 Å². The van der Waals surface area contributed by atoms with E-state index in [4.69, 9.17) is 0 Å². The lowest BCUT2D eigenvalue weighted by molar-refractivity contribution is -0.137. The Morgan fingerprint density at radius 3 is 2.42 bits per heavy atom. The third-order valence-electron chi connectivity index (χ3n) is 3.07. The van der Waals surface area contributed by atoms with Crippen molar-refractivity contribution < 1.29 is 22.8 Å². The van der Waals surface area contributed by atoms with Gasteiger partial charge in [0.15, 0.2) is 0 Å². The Morgan fingerprint density at radius 2 is 1.88 bits per heavy atom. The van der Waals surface area contributed by atoms with Crippen molar-refractivity contribution in [1.29, 1.82) is 0 Å². The molecule has 0 unspecified atom stereocenters. The van der Waals surface area contributed by atoms with Gasteiger partial charge in [-0.05, 0) is 30.7 Å². The van der Waals surface area contributed by atoms with Crippen LogP contribution >= 0.6 is 0 Å². The monoisotopic (exact) mass is 338 g/mol. The summed E-state index contributed by atoms with van der Waals surface area (Å²) in [5.74, 6) is -2.12. The molecule has 0 aliphatic rings. The number of pyridine rings is 2. The van der Waals surface area contributed by atoms with Gasteiger partial charge in [-0.2, -0.15) is 13.2 Å². The van der Waals surface area contributed by atoms with Crippen LogP contribution in [0.1, 0.15) is 24.1 Å². The molecule has 0 saturated heterocycles. The number of hydrogen-bond acceptors (Lipinski definition) is 4. The molecular formula is C15H13F3N4O2. The fraction of sp³-hybridized carbons (Fsp3) is 0.200. The first-order valence-corrected chi connectivity index (χ1v) is 6.82. The smallest absolute Gasteiger partial charge is 0.341 e. The van der Waals surface area contributed by atoms with E-state index < -0.39 is 29.6 Å². The van der Waals surface area contributed by atoms with E-state index in [-0.39, 0.29) is 5.82 Å². The number of nitrogens with zero attached hydrogens (tertiary/aromatic N) is 2. The molecule has 6 nitrogen and oxygen atoms in total. The van der Waals surface area contributed by atoms with Crippen LogP contribution in [0.5, 0.6) is 0 Å². The highest BCUT2D eigenvalue weighted by molar-refractivity contribution is 6.39. The molecule has 2 heterocycles. The third kappa shape index (κ3) is 4.51. The van der Waals surface area contributed by atoms with Crippen molar-refractivity contribution in [2.75, 3.05) is 5.32 Å². The first-order valence-electron chi connectivity index (χ1n) is 6.82. The zero-order valence-electron chi connectivity index (χ0n) is 12.5. The average molecular weight is 338 g/mol. The van der Waals surface area contributed by atoms with Gasteiger partial charge in [-0.1, -0.05) is 6.07 Å². The summed E-state index contributed by atoms with van der Waals surface area (Å²) in [7, 11) is 0. The number of carbonyl (C=O) groups is 2. The minimum Gasteiger partial charge on any atom is -0.341 e. The number of rotatable bonds is 3. The van der Waals surface area contributed by atoms with Gasteiger partial charge in [-0.15, -0.1) is 0 Å². The second-order valence-electron chi connectivity index (χ2n) is 4.87. The van der Waals surface area contributed by atoms with Crippen LogP contribution in [-0.2, 0) is 15.8 Å². The lowest BCUT2D eigenvalue weighted by Gasteiger charge is -2.13. The molecule has 126 valence electrons. The average Bonchev–Trinajstić information content (AvgIpc) is 2.55. The standard InChI is InChI=1S/C15H13F3N4O2/c1-9(10-3-2-6-19-7-10)21-13(23)14(24)22-12-5-4-11(8-20-12)15(16,17)18/h2-9H,1H3,(H,21,23)(H,20,22,24)/t9-/m0/s1. The third-order valence-corrected chi connectivity index (χ3v) is 3.07. The van der Waals surface area contributed by atoms with Crippen LogP contribution in [0.25, 0.3) is 0 Å². The van der Waals surface area contributed by atoms with Gasteiger partial charge < -0.3 is 10.6 Å². The van der Waals surface area contributed by atoms with E-state index >= 15 is 0 Å². The number of carbonyl (C=O) groups excluding carboxylic acids is 2. The van der Waals surface area contributed by atoms with Crippen molar-refractivity contribution in [2.45, 2.75) is 19.1 Å². The van der Waals surface area contributed by atoms with E-state index in [1.807, 2.05) is 0 Å². The molecule has 0 fully saturated rings. The first kappa shape index (κ1) is 17.4. The van der Waals surface area contributed by atoms with E-state index in [2.05, 4.69) is 20.6 Å². The number of anilines is 1. The number of amides is 2. The number of nitrogens with one attached hydrogen (secondary N) is 2. The predicted octanol–water partition coefficient (Wildman–Crippen LogP) is 2.31. The van der Waals surface area contributed by atoms with Gasteiger partial charge in [0.05, 0.1) is 11.6 Å². The Morgan fingerprint density at radius 1 is 1.12 bits per heavy atom. The lowest BCUT2D eigenvalue weighted by Crippen LogP contribution is -2.37. The highest BCUT2D eigenvalue weighted by Crippen LogP contribution is 2.28. The van der Waals surface area contributed by atoms with Crippen molar-refractivity contribution in [3.8, 4) is 0 Å². The Hall–Kier alpha value is -2.97. The van der Waals surface area contributed by atoms with Crippen molar-refractivity contribution in [3.05, 3.63) is 54.0 Å². The van der Waals surface area contributed by atoms with E-state index in [1.54, 1.807) is 31.5 Å². The van der Waals surface area contributed by atoms with Crippen LogP contribution in [0.2, 0.25) is 0 Å². The van der Waals surface area contributed by atoms with Crippen LogP contribution in [-0.4, -0.2) is 21.8 Å². The summed E-state index contributed by atoms with van der Waals surface area (Å²) in [6, 6.07) is 4.69. The minimum absolute atomic E-state index is 0.155. The lowest BCUT2D eigenvalue weighted by atomic mass is 10.1. The van der Waals surface area contributed by atoms with E-state index in [0.29, 0.717) is 11.8 Å². The topological polar surface area (TPSA) is 84.0 Å². The van der Waals surface area contributed by atoms with Crippen LogP contribution in [0.15, 0.2) is 42.9 Å². The molecule has 0 aromatic carbocycles. The van der Waals surface area contributed by atoms with E-state index in [1.165, 1.54) is 0 Å². The fourth-order valence-electron chi connectivity index (χ4n) is 1.79. The molecule has 2 amide bonds. The summed E-state index contributed by atoms with van der Waals surface area (Å²) in [4.78, 5) is 30.9. The van der Waals surface area contributed by atoms with Crippen LogP contribution in [0.4, 0.5) is 19.0 Å². The van der Waals surface area contributed by atoms with Gasteiger partial charge >= 0.3 is 18.0 Å². The molecular weight excluding hydrogens is 325 g/mol. The fourth-order valence-corrected chi connectivity index (χ4v) is 1.79. The molecule has 0 spiro atoms. The number of alkyl halides is 3. The zero-order valence-corrected chi connectivity index (χ0v) is 12.5. The maximum absolute atomic E-state index is 12.4. The molecule has 0 aliphatic heterocycles. The quantitative estimate of drug-likeness (QED) is 0.841. The summed E-state index contributed by atoms with van der Waals surface area (Å²) < 4.78 is 37.3. The molecule has 2 aromatic rings. The predicted molar refractivity (Wildman–Crippen MR) is 78.7 cm³/mol. The minimum atomic E-state index is -4.52. The molecule has 24 heavy (non-hydrogen) atoms. The van der Waals surface area contributed by atoms with Gasteiger partial charge in [0.1, 0.15) is 5.82 Å². The van der Waals surface area contributed by atoms with Crippen LogP contribution < -0.4 is 10.6 Å². The summed E-state index contributed by atoms with van der Waals surface area (Å²) in [6.45, 7) is 1.67. The first-order chi connectivity index (χ1) is 11.3. The van der Waals surface area contributed by atoms with Crippen molar-refractivity contribution >= 4 is 17.6 Å². The van der Waals surface area contributed by atoms with E-state index in [0.717, 1.165) is 12.1 Å². The summed E-state index contributed by atoms with van der Waals surface area (Å²) in [5.41, 5.74) is -0.249. The molecule has 9 heteroatoms. The SMILES string of the molecule is C[C@H](NC(=O)C(=O)Nc1ccc(C(F)(F)F)cn1)c1cccnc1. The molecule has 2 aromatic heterocycles. The van der Waals surface area contributed by atoms with Gasteiger partial charge in [0.25, 0.3) is 0 Å². The summed E-state index contributed by atoms with van der Waals surface area (Å²) in [5, 5.41) is 4.59. The number of aromatic nitrogens is 2. The summed E-state index contributed by atoms with van der Waals surface area (Å²) in [6.07, 6.45) is -0.834. The zero-order chi connectivity index (χ0) is 17.7. The van der Waals surface area contributed by atoms with E-state index in [9.17, 15) is 22.8 Å². The Kier molecular flexibility index (Phi) is 5.12. The van der Waals surface area contributed by atoms with Gasteiger partial charge in [-0.25, -0.2) is 4.98 Å². The largest absolute Gasteiger partial charge is 0.417 e. The summed E-state index contributed by atoms with van der Waals surface area (Å²) >= 11 is 0. The second-order valence-corrected chi connectivity index (χ2v) is 4.87. The normalized spacial score (nSPS) is 12.3. The van der Waals surface area contributed by atoms with Crippen LogP contribution in [0, 0.1) is 0 Å². The van der Waals surface area contributed by atoms with Crippen molar-refractivity contribution in [2.24, 2.45) is 0 Å². The molecule has 0 aliphatic carbocycles. The molecule has 1 atom stereocenters. The van der Waals surface area contributed by atoms with Crippen molar-refractivity contribution in [3.63, 3.8) is 0 Å². The molecule has 0 saturated carbocycles. The van der Waals surface area contributed by atoms with Crippen LogP contribution in [0.3, 0.4) is 0 Å². The molecule has 0 bridgehead atoms. The maximum atomic E-state index is 12.4. The van der Waals surface area contributed by atoms with Gasteiger partial charge in [0, 0.05) is 18.6 Å². The maximum Gasteiger partial charge on any atom is 0.417 e. The molecule has 2 rings (SSSR count). The van der Waals surface area contributed by atoms with Crippen molar-refractivity contribution in [1.82, 2.24) is 15.3 Å². The number of hydrogen-bond donors (Lipinski definition) is 2. The number of halogens is 3. The van der Waals surface area contributed by atoms with Gasteiger partial charge in [-0.3, -0.25) is 14.6 Å². The Balaban J connectivity index is 1.95. The molecule has 0 radical (unpaired) electrons. The Bertz CT molecular complexity index is 718. The second kappa shape index (κ2) is 7.07. The highest BCUT2D eigenvalue weighted by Gasteiger charge is 2.30.